The van der Waals surface area contributed by atoms with Crippen LogP contribution in [0.1, 0.15) is 30.7 Å². The van der Waals surface area contributed by atoms with E-state index in [4.69, 9.17) is 8.83 Å². The van der Waals surface area contributed by atoms with Gasteiger partial charge in [0.25, 0.3) is 0 Å². The zero-order valence-corrected chi connectivity index (χ0v) is 12.9. The first-order chi connectivity index (χ1) is 11.3. The van der Waals surface area contributed by atoms with E-state index in [0.29, 0.717) is 13.1 Å². The molecule has 3 heterocycles. The van der Waals surface area contributed by atoms with Crippen molar-refractivity contribution in [1.82, 2.24) is 20.2 Å². The maximum absolute atomic E-state index is 13.0. The van der Waals surface area contributed by atoms with Gasteiger partial charge in [0, 0.05) is 5.92 Å². The molecule has 7 heteroatoms. The van der Waals surface area contributed by atoms with Crippen LogP contribution in [0, 0.1) is 11.3 Å². The summed E-state index contributed by atoms with van der Waals surface area (Å²) in [6.45, 7) is 2.90. The lowest BCUT2D eigenvalue weighted by molar-refractivity contribution is -0.135. The average molecular weight is 316 g/mol. The van der Waals surface area contributed by atoms with E-state index in [9.17, 15) is 4.79 Å². The zero-order chi connectivity index (χ0) is 15.7. The third kappa shape index (κ3) is 2.88. The van der Waals surface area contributed by atoms with Crippen LogP contribution in [0.15, 0.2) is 34.1 Å². The molecule has 0 aromatic carbocycles. The van der Waals surface area contributed by atoms with Crippen molar-refractivity contribution in [1.29, 1.82) is 0 Å². The Morgan fingerprint density at radius 3 is 2.30 bits per heavy atom. The highest BCUT2D eigenvalue weighted by molar-refractivity contribution is 5.82. The Bertz CT molecular complexity index is 611. The maximum atomic E-state index is 13.0. The molecule has 4 rings (SSSR count). The van der Waals surface area contributed by atoms with Gasteiger partial charge in [-0.2, -0.15) is 0 Å². The van der Waals surface area contributed by atoms with Crippen molar-refractivity contribution >= 4 is 5.91 Å². The summed E-state index contributed by atoms with van der Waals surface area (Å²) in [5.41, 5.74) is 1.72. The van der Waals surface area contributed by atoms with E-state index in [1.54, 1.807) is 12.5 Å². The summed E-state index contributed by atoms with van der Waals surface area (Å²) in [6.07, 6.45) is 9.11. The summed E-state index contributed by atoms with van der Waals surface area (Å²) < 4.78 is 10.0. The number of carbonyl (C=O) groups is 1. The number of oxazole rings is 2. The summed E-state index contributed by atoms with van der Waals surface area (Å²) in [6, 6.07) is 0. The molecule has 1 amide bonds. The number of rotatable bonds is 5. The molecule has 1 N–H and O–H groups in total. The highest BCUT2D eigenvalue weighted by Crippen LogP contribution is 2.59. The predicted octanol–water partition coefficient (Wildman–Crippen LogP) is 1.58. The van der Waals surface area contributed by atoms with Gasteiger partial charge in [0.05, 0.1) is 24.5 Å². The Morgan fingerprint density at radius 2 is 1.78 bits per heavy atom. The lowest BCUT2D eigenvalue weighted by atomic mass is 9.91. The van der Waals surface area contributed by atoms with Crippen molar-refractivity contribution < 1.29 is 13.6 Å². The molecule has 1 aliphatic carbocycles. The van der Waals surface area contributed by atoms with Gasteiger partial charge in [-0.3, -0.25) is 4.79 Å². The molecule has 1 aliphatic heterocycles. The molecule has 1 atom stereocenters. The van der Waals surface area contributed by atoms with E-state index >= 15 is 0 Å². The van der Waals surface area contributed by atoms with E-state index in [1.807, 2.05) is 4.90 Å². The number of hydrogen-bond donors (Lipinski definition) is 1. The largest absolute Gasteiger partial charge is 0.451 e. The maximum Gasteiger partial charge on any atom is 0.226 e. The Kier molecular flexibility index (Phi) is 3.65. The minimum Gasteiger partial charge on any atom is -0.451 e. The lowest BCUT2D eigenvalue weighted by Crippen LogP contribution is -2.36. The van der Waals surface area contributed by atoms with Crippen LogP contribution >= 0.6 is 0 Å². The SMILES string of the molecule is O=C([C@H]1CC12CCNCC2)N(Cc1cocn1)Cc1cocn1. The lowest BCUT2D eigenvalue weighted by Gasteiger charge is -2.26. The number of nitrogens with one attached hydrogen (secondary N) is 1. The molecular formula is C16H20N4O3. The quantitative estimate of drug-likeness (QED) is 0.901. The number of amides is 1. The first kappa shape index (κ1) is 14.4. The van der Waals surface area contributed by atoms with Crippen molar-refractivity contribution in [3.63, 3.8) is 0 Å². The molecule has 0 unspecified atom stereocenters. The van der Waals surface area contributed by atoms with Crippen molar-refractivity contribution in [2.45, 2.75) is 32.4 Å². The molecule has 2 aromatic rings. The molecule has 0 bridgehead atoms. The van der Waals surface area contributed by atoms with Crippen LogP contribution in [0.4, 0.5) is 0 Å². The van der Waals surface area contributed by atoms with Crippen LogP contribution in [-0.2, 0) is 17.9 Å². The second-order valence-electron chi connectivity index (χ2n) is 6.52. The Hall–Kier alpha value is -2.15. The van der Waals surface area contributed by atoms with Gasteiger partial charge in [-0.25, -0.2) is 9.97 Å². The molecule has 1 saturated heterocycles. The molecule has 7 nitrogen and oxygen atoms in total. The first-order valence-electron chi connectivity index (χ1n) is 8.00. The summed E-state index contributed by atoms with van der Waals surface area (Å²) in [5, 5.41) is 3.37. The third-order valence-corrected chi connectivity index (χ3v) is 5.07. The van der Waals surface area contributed by atoms with E-state index in [1.165, 1.54) is 12.8 Å². The van der Waals surface area contributed by atoms with E-state index in [0.717, 1.165) is 43.7 Å². The number of carbonyl (C=O) groups excluding carboxylic acids is 1. The van der Waals surface area contributed by atoms with Gasteiger partial charge in [-0.1, -0.05) is 0 Å². The molecule has 2 fully saturated rings. The minimum absolute atomic E-state index is 0.128. The number of nitrogens with zero attached hydrogens (tertiary/aromatic N) is 3. The third-order valence-electron chi connectivity index (χ3n) is 5.07. The normalized spacial score (nSPS) is 22.2. The van der Waals surface area contributed by atoms with Crippen LogP contribution in [0.5, 0.6) is 0 Å². The number of piperidine rings is 1. The number of aromatic nitrogens is 2. The second-order valence-corrected chi connectivity index (χ2v) is 6.52. The summed E-state index contributed by atoms with van der Waals surface area (Å²) in [5.74, 6) is 0.321. The summed E-state index contributed by atoms with van der Waals surface area (Å²) in [4.78, 5) is 23.1. The van der Waals surface area contributed by atoms with Gasteiger partial charge in [0.1, 0.15) is 12.5 Å². The Morgan fingerprint density at radius 1 is 1.17 bits per heavy atom. The zero-order valence-electron chi connectivity index (χ0n) is 12.9. The van der Waals surface area contributed by atoms with Gasteiger partial charge < -0.3 is 19.1 Å². The van der Waals surface area contributed by atoms with Crippen LogP contribution in [-0.4, -0.2) is 33.9 Å². The van der Waals surface area contributed by atoms with Crippen molar-refractivity contribution in [3.05, 3.63) is 36.7 Å². The minimum atomic E-state index is 0.128. The van der Waals surface area contributed by atoms with Crippen LogP contribution in [0.25, 0.3) is 0 Å². The predicted molar refractivity (Wildman–Crippen MR) is 79.9 cm³/mol. The standard InChI is InChI=1S/C16H20N4O3/c21-15(14-5-16(14)1-3-17-4-2-16)20(6-12-8-22-10-18-12)7-13-9-23-11-19-13/h8-11,14,17H,1-7H2/t14-/m1/s1. The molecule has 2 aliphatic rings. The van der Waals surface area contributed by atoms with Gasteiger partial charge in [0.15, 0.2) is 12.8 Å². The molecule has 0 radical (unpaired) electrons. The smallest absolute Gasteiger partial charge is 0.226 e. The monoisotopic (exact) mass is 316 g/mol. The van der Waals surface area contributed by atoms with E-state index in [2.05, 4.69) is 15.3 Å². The van der Waals surface area contributed by atoms with E-state index in [-0.39, 0.29) is 17.2 Å². The van der Waals surface area contributed by atoms with Crippen molar-refractivity contribution in [2.75, 3.05) is 13.1 Å². The van der Waals surface area contributed by atoms with Gasteiger partial charge in [-0.15, -0.1) is 0 Å². The summed E-state index contributed by atoms with van der Waals surface area (Å²) in [7, 11) is 0. The van der Waals surface area contributed by atoms with Gasteiger partial charge in [-0.05, 0) is 37.8 Å². The highest BCUT2D eigenvalue weighted by Gasteiger charge is 2.58. The van der Waals surface area contributed by atoms with Crippen molar-refractivity contribution in [2.24, 2.45) is 11.3 Å². The van der Waals surface area contributed by atoms with Gasteiger partial charge >= 0.3 is 0 Å². The number of hydrogen-bond acceptors (Lipinski definition) is 6. The van der Waals surface area contributed by atoms with Crippen molar-refractivity contribution in [3.8, 4) is 0 Å². The summed E-state index contributed by atoms with van der Waals surface area (Å²) >= 11 is 0. The fourth-order valence-electron chi connectivity index (χ4n) is 3.63. The Balaban J connectivity index is 1.49. The second kappa shape index (κ2) is 5.81. The highest BCUT2D eigenvalue weighted by atomic mass is 16.3. The molecule has 23 heavy (non-hydrogen) atoms. The molecule has 1 spiro atoms. The topological polar surface area (TPSA) is 84.4 Å². The van der Waals surface area contributed by atoms with Gasteiger partial charge in [0.2, 0.25) is 5.91 Å². The average Bonchev–Trinajstić information content (AvgIpc) is 2.99. The fraction of sp³-hybridized carbons (Fsp3) is 0.562. The molecular weight excluding hydrogens is 296 g/mol. The van der Waals surface area contributed by atoms with Crippen LogP contribution in [0.2, 0.25) is 0 Å². The Labute approximate surface area is 134 Å². The van der Waals surface area contributed by atoms with Crippen LogP contribution < -0.4 is 5.32 Å². The molecule has 2 aromatic heterocycles. The first-order valence-corrected chi connectivity index (χ1v) is 8.00. The van der Waals surface area contributed by atoms with Crippen LogP contribution in [0.3, 0.4) is 0 Å². The molecule has 1 saturated carbocycles. The van der Waals surface area contributed by atoms with E-state index < -0.39 is 0 Å². The molecule has 122 valence electrons. The fourth-order valence-corrected chi connectivity index (χ4v) is 3.63.